The smallest absolute Gasteiger partial charge is 0.363 e. The van der Waals surface area contributed by atoms with Crippen LogP contribution in [0.2, 0.25) is 0 Å². The predicted octanol–water partition coefficient (Wildman–Crippen LogP) is 4.32. The number of hydrogen-bond donors (Lipinski definition) is 0. The molecule has 0 fully saturated rings. The minimum Gasteiger partial charge on any atom is -0.494 e. The average Bonchev–Trinajstić information content (AvgIpc) is 2.96. The Morgan fingerprint density at radius 1 is 1.08 bits per heavy atom. The van der Waals surface area contributed by atoms with Crippen molar-refractivity contribution in [3.63, 3.8) is 0 Å². The Labute approximate surface area is 147 Å². The summed E-state index contributed by atoms with van der Waals surface area (Å²) in [6.45, 7) is 4.65. The van der Waals surface area contributed by atoms with Gasteiger partial charge in [-0.1, -0.05) is 36.4 Å². The van der Waals surface area contributed by atoms with Crippen LogP contribution < -0.4 is 4.74 Å². The molecule has 128 valence electrons. The van der Waals surface area contributed by atoms with E-state index >= 15 is 0 Å². The van der Waals surface area contributed by atoms with E-state index in [1.165, 1.54) is 11.1 Å². The van der Waals surface area contributed by atoms with Gasteiger partial charge in [0.2, 0.25) is 0 Å². The second-order valence-electron chi connectivity index (χ2n) is 5.85. The summed E-state index contributed by atoms with van der Waals surface area (Å²) < 4.78 is 10.7. The van der Waals surface area contributed by atoms with Gasteiger partial charge in [-0.2, -0.15) is 0 Å². The van der Waals surface area contributed by atoms with Gasteiger partial charge in [-0.05, 0) is 55.2 Å². The van der Waals surface area contributed by atoms with Crippen LogP contribution in [0.1, 0.15) is 30.0 Å². The fourth-order valence-corrected chi connectivity index (χ4v) is 2.68. The van der Waals surface area contributed by atoms with E-state index in [1.54, 1.807) is 6.08 Å². The monoisotopic (exact) mass is 335 g/mol. The lowest BCUT2D eigenvalue weighted by Crippen LogP contribution is -2.05. The van der Waals surface area contributed by atoms with E-state index in [2.05, 4.69) is 24.0 Å². The molecule has 0 saturated heterocycles. The fraction of sp³-hybridized carbons (Fsp3) is 0.238. The molecule has 3 rings (SSSR count). The van der Waals surface area contributed by atoms with Crippen LogP contribution in [-0.2, 0) is 16.0 Å². The molecule has 4 heteroatoms. The summed E-state index contributed by atoms with van der Waals surface area (Å²) in [5, 5.41) is 0. The Hall–Kier alpha value is -2.88. The summed E-state index contributed by atoms with van der Waals surface area (Å²) in [6.07, 6.45) is 3.14. The molecule has 0 radical (unpaired) electrons. The van der Waals surface area contributed by atoms with E-state index in [4.69, 9.17) is 9.47 Å². The van der Waals surface area contributed by atoms with Gasteiger partial charge in [0, 0.05) is 6.42 Å². The van der Waals surface area contributed by atoms with Crippen LogP contribution in [0.3, 0.4) is 0 Å². The highest BCUT2D eigenvalue weighted by atomic mass is 16.6. The fourth-order valence-electron chi connectivity index (χ4n) is 2.68. The van der Waals surface area contributed by atoms with Crippen molar-refractivity contribution in [2.75, 3.05) is 6.61 Å². The molecular formula is C21H21NO3. The molecule has 0 spiro atoms. The van der Waals surface area contributed by atoms with Crippen molar-refractivity contribution < 1.29 is 14.3 Å². The van der Waals surface area contributed by atoms with Crippen LogP contribution in [0.5, 0.6) is 5.75 Å². The van der Waals surface area contributed by atoms with Gasteiger partial charge in [0.25, 0.3) is 0 Å². The molecule has 2 aromatic rings. The third-order valence-corrected chi connectivity index (χ3v) is 4.03. The molecule has 4 nitrogen and oxygen atoms in total. The first-order valence-electron chi connectivity index (χ1n) is 8.44. The number of hydrogen-bond acceptors (Lipinski definition) is 4. The number of cyclic esters (lactones) is 1. The summed E-state index contributed by atoms with van der Waals surface area (Å²) in [5.41, 5.74) is 3.70. The topological polar surface area (TPSA) is 47.9 Å². The molecule has 0 atom stereocenters. The molecule has 0 bridgehead atoms. The molecule has 1 aliphatic heterocycles. The van der Waals surface area contributed by atoms with Crippen molar-refractivity contribution in [3.8, 4) is 5.75 Å². The van der Waals surface area contributed by atoms with Crippen LogP contribution in [0.15, 0.2) is 59.2 Å². The summed E-state index contributed by atoms with van der Waals surface area (Å²) in [5.74, 6) is 0.889. The molecule has 1 heterocycles. The van der Waals surface area contributed by atoms with E-state index < -0.39 is 5.97 Å². The molecule has 0 amide bonds. The largest absolute Gasteiger partial charge is 0.494 e. The van der Waals surface area contributed by atoms with E-state index in [9.17, 15) is 4.79 Å². The number of nitrogens with zero attached hydrogens (tertiary/aromatic N) is 1. The van der Waals surface area contributed by atoms with Gasteiger partial charge in [0.1, 0.15) is 5.75 Å². The first kappa shape index (κ1) is 17.0. The highest BCUT2D eigenvalue weighted by molar-refractivity contribution is 6.07. The van der Waals surface area contributed by atoms with Crippen molar-refractivity contribution in [2.45, 2.75) is 26.7 Å². The van der Waals surface area contributed by atoms with Crippen LogP contribution in [0.4, 0.5) is 0 Å². The lowest BCUT2D eigenvalue weighted by atomic mass is 10.0. The SMILES string of the molecule is CCOc1ccc(/C=C2/N=C(CCc3ccccc3C)OC2=O)cc1. The molecule has 2 aromatic carbocycles. The van der Waals surface area contributed by atoms with Crippen LogP contribution in [0.25, 0.3) is 6.08 Å². The van der Waals surface area contributed by atoms with Gasteiger partial charge < -0.3 is 9.47 Å². The zero-order valence-corrected chi connectivity index (χ0v) is 14.5. The maximum Gasteiger partial charge on any atom is 0.363 e. The standard InChI is InChI=1S/C21H21NO3/c1-3-24-18-11-8-16(9-12-18)14-19-21(23)25-20(22-19)13-10-17-7-5-4-6-15(17)2/h4-9,11-12,14H,3,10,13H2,1-2H3/b19-14+. The van der Waals surface area contributed by atoms with Crippen molar-refractivity contribution >= 4 is 17.9 Å². The number of aliphatic imine (C=N–C) groups is 1. The predicted molar refractivity (Wildman–Crippen MR) is 98.6 cm³/mol. The van der Waals surface area contributed by atoms with Crippen molar-refractivity contribution in [1.82, 2.24) is 0 Å². The van der Waals surface area contributed by atoms with Crippen LogP contribution in [0, 0.1) is 6.92 Å². The quantitative estimate of drug-likeness (QED) is 0.583. The normalized spacial score (nSPS) is 15.2. The first-order chi connectivity index (χ1) is 12.2. The summed E-state index contributed by atoms with van der Waals surface area (Å²) >= 11 is 0. The van der Waals surface area contributed by atoms with Gasteiger partial charge in [0.05, 0.1) is 6.61 Å². The highest BCUT2D eigenvalue weighted by Gasteiger charge is 2.22. The van der Waals surface area contributed by atoms with E-state index in [0.717, 1.165) is 17.7 Å². The van der Waals surface area contributed by atoms with Crippen LogP contribution in [-0.4, -0.2) is 18.5 Å². The van der Waals surface area contributed by atoms with Crippen LogP contribution >= 0.6 is 0 Å². The number of rotatable bonds is 6. The molecule has 0 unspecified atom stereocenters. The Morgan fingerprint density at radius 2 is 1.84 bits per heavy atom. The van der Waals surface area contributed by atoms with Gasteiger partial charge in [-0.3, -0.25) is 0 Å². The van der Waals surface area contributed by atoms with E-state index in [1.807, 2.05) is 43.3 Å². The van der Waals surface area contributed by atoms with Crippen molar-refractivity contribution in [2.24, 2.45) is 4.99 Å². The molecular weight excluding hydrogens is 314 g/mol. The zero-order chi connectivity index (χ0) is 17.6. The van der Waals surface area contributed by atoms with Crippen molar-refractivity contribution in [3.05, 3.63) is 70.9 Å². The summed E-state index contributed by atoms with van der Waals surface area (Å²) in [6, 6.07) is 15.7. The molecule has 1 aliphatic rings. The maximum atomic E-state index is 12.0. The average molecular weight is 335 g/mol. The molecule has 0 aliphatic carbocycles. The summed E-state index contributed by atoms with van der Waals surface area (Å²) in [7, 11) is 0. The number of esters is 1. The van der Waals surface area contributed by atoms with Gasteiger partial charge in [0.15, 0.2) is 11.6 Å². The Kier molecular flexibility index (Phi) is 5.29. The third-order valence-electron chi connectivity index (χ3n) is 4.03. The number of aryl methyl sites for hydroxylation is 2. The number of carbonyl (C=O) groups is 1. The van der Waals surface area contributed by atoms with Gasteiger partial charge in [-0.15, -0.1) is 0 Å². The second kappa shape index (κ2) is 7.79. The van der Waals surface area contributed by atoms with Crippen molar-refractivity contribution in [1.29, 1.82) is 0 Å². The minimum atomic E-state index is -0.395. The first-order valence-corrected chi connectivity index (χ1v) is 8.44. The zero-order valence-electron chi connectivity index (χ0n) is 14.5. The maximum absolute atomic E-state index is 12.0. The molecule has 0 N–H and O–H groups in total. The van der Waals surface area contributed by atoms with E-state index in [0.29, 0.717) is 24.6 Å². The summed E-state index contributed by atoms with van der Waals surface area (Å²) in [4.78, 5) is 16.3. The van der Waals surface area contributed by atoms with Gasteiger partial charge in [-0.25, -0.2) is 9.79 Å². The van der Waals surface area contributed by atoms with Gasteiger partial charge >= 0.3 is 5.97 Å². The Morgan fingerprint density at radius 3 is 2.56 bits per heavy atom. The number of ether oxygens (including phenoxy) is 2. The highest BCUT2D eigenvalue weighted by Crippen LogP contribution is 2.20. The third kappa shape index (κ3) is 4.35. The Balaban J connectivity index is 1.68. The lowest BCUT2D eigenvalue weighted by molar-refractivity contribution is -0.130. The number of benzene rings is 2. The minimum absolute atomic E-state index is 0.337. The van der Waals surface area contributed by atoms with E-state index in [-0.39, 0.29) is 0 Å². The Bertz CT molecular complexity index is 819. The molecule has 0 saturated carbocycles. The lowest BCUT2D eigenvalue weighted by Gasteiger charge is -2.04. The molecule has 25 heavy (non-hydrogen) atoms. The molecule has 0 aromatic heterocycles. The second-order valence-corrected chi connectivity index (χ2v) is 5.85. The number of carbonyl (C=O) groups excluding carboxylic acids is 1.